The van der Waals surface area contributed by atoms with E-state index in [-0.39, 0.29) is 11.9 Å². The van der Waals surface area contributed by atoms with Crippen LogP contribution in [0.5, 0.6) is 0 Å². The lowest BCUT2D eigenvalue weighted by Crippen LogP contribution is -2.24. The first kappa shape index (κ1) is 13.9. The molecule has 0 saturated heterocycles. The Morgan fingerprint density at radius 3 is 2.76 bits per heavy atom. The van der Waals surface area contributed by atoms with Crippen LogP contribution in [0.2, 0.25) is 0 Å². The number of carbonyl (C=O) groups excluding carboxylic acids is 1. The first-order valence-electron chi connectivity index (χ1n) is 5.71. The number of amides is 1. The Kier molecular flexibility index (Phi) is 4.86. The van der Waals surface area contributed by atoms with Crippen molar-refractivity contribution in [2.45, 2.75) is 38.8 Å². The maximum absolute atomic E-state index is 11.4. The summed E-state index contributed by atoms with van der Waals surface area (Å²) in [5, 5.41) is 8.01. The Labute approximate surface area is 106 Å². The zero-order valence-electron chi connectivity index (χ0n) is 10.8. The van der Waals surface area contributed by atoms with Gasteiger partial charge in [-0.3, -0.25) is 9.48 Å². The maximum atomic E-state index is 11.4. The molecule has 1 aromatic rings. The molecular weight excluding hydrogens is 236 g/mol. The first-order valence-corrected chi connectivity index (χ1v) is 6.70. The first-order chi connectivity index (χ1) is 7.97. The van der Waals surface area contributed by atoms with Gasteiger partial charge in [0.1, 0.15) is 5.03 Å². The van der Waals surface area contributed by atoms with Crippen molar-refractivity contribution in [1.29, 1.82) is 0 Å². The largest absolute Gasteiger partial charge is 0.395 e. The molecule has 0 aromatic carbocycles. The Morgan fingerprint density at radius 2 is 2.24 bits per heavy atom. The number of aryl methyl sites for hydroxylation is 1. The minimum atomic E-state index is 0.0195. The number of rotatable bonds is 5. The van der Waals surface area contributed by atoms with E-state index in [2.05, 4.69) is 10.4 Å². The van der Waals surface area contributed by atoms with Crippen LogP contribution < -0.4 is 11.1 Å². The average molecular weight is 256 g/mol. The van der Waals surface area contributed by atoms with Gasteiger partial charge >= 0.3 is 0 Å². The Bertz CT molecular complexity index is 400. The van der Waals surface area contributed by atoms with Gasteiger partial charge in [0.15, 0.2) is 0 Å². The van der Waals surface area contributed by atoms with Gasteiger partial charge in [-0.15, -0.1) is 0 Å². The summed E-state index contributed by atoms with van der Waals surface area (Å²) in [6.07, 6.45) is 0. The highest BCUT2D eigenvalue weighted by atomic mass is 32.2. The number of aromatic nitrogens is 2. The number of thioether (sulfide) groups is 1. The summed E-state index contributed by atoms with van der Waals surface area (Å²) < 4.78 is 1.87. The zero-order valence-corrected chi connectivity index (χ0v) is 11.6. The number of hydrogen-bond donors (Lipinski definition) is 2. The molecule has 17 heavy (non-hydrogen) atoms. The number of anilines is 1. The van der Waals surface area contributed by atoms with E-state index in [0.29, 0.717) is 18.0 Å². The van der Waals surface area contributed by atoms with Crippen LogP contribution >= 0.6 is 11.8 Å². The predicted octanol–water partition coefficient (Wildman–Crippen LogP) is 1.58. The van der Waals surface area contributed by atoms with E-state index >= 15 is 0 Å². The molecule has 0 aliphatic heterocycles. The second-order valence-corrected chi connectivity index (χ2v) is 5.05. The summed E-state index contributed by atoms with van der Waals surface area (Å²) in [6.45, 7) is 8.52. The molecule has 5 nitrogen and oxygen atoms in total. The highest BCUT2D eigenvalue weighted by molar-refractivity contribution is 8.00. The third kappa shape index (κ3) is 3.39. The van der Waals surface area contributed by atoms with E-state index in [4.69, 9.17) is 5.73 Å². The number of nitrogen functional groups attached to an aromatic ring is 1. The highest BCUT2D eigenvalue weighted by Crippen LogP contribution is 2.29. The standard InChI is InChI=1S/C11H20N4OS/c1-5-13-9(16)6-17-11-10(12)8(4)14-15(11)7(2)3/h7H,5-6,12H2,1-4H3,(H,13,16). The van der Waals surface area contributed by atoms with Crippen LogP contribution in [0.25, 0.3) is 0 Å². The molecule has 96 valence electrons. The molecular formula is C11H20N4OS. The van der Waals surface area contributed by atoms with Crippen LogP contribution in [0.4, 0.5) is 5.69 Å². The van der Waals surface area contributed by atoms with Crippen molar-refractivity contribution >= 4 is 23.4 Å². The van der Waals surface area contributed by atoms with Gasteiger partial charge in [-0.1, -0.05) is 11.8 Å². The number of hydrogen-bond acceptors (Lipinski definition) is 4. The minimum absolute atomic E-state index is 0.0195. The summed E-state index contributed by atoms with van der Waals surface area (Å²) in [5.41, 5.74) is 7.46. The van der Waals surface area contributed by atoms with Crippen LogP contribution in [0.1, 0.15) is 32.5 Å². The second kappa shape index (κ2) is 5.95. The Morgan fingerprint density at radius 1 is 1.59 bits per heavy atom. The van der Waals surface area contributed by atoms with Gasteiger partial charge in [-0.25, -0.2) is 0 Å². The number of carbonyl (C=O) groups is 1. The number of nitrogens with one attached hydrogen (secondary N) is 1. The molecule has 0 bridgehead atoms. The summed E-state index contributed by atoms with van der Waals surface area (Å²) in [5.74, 6) is 0.390. The molecule has 1 amide bonds. The summed E-state index contributed by atoms with van der Waals surface area (Å²) in [7, 11) is 0. The van der Waals surface area contributed by atoms with E-state index in [9.17, 15) is 4.79 Å². The van der Waals surface area contributed by atoms with Crippen LogP contribution in [0.3, 0.4) is 0 Å². The van der Waals surface area contributed by atoms with E-state index in [1.807, 2.05) is 32.4 Å². The fourth-order valence-electron chi connectivity index (χ4n) is 1.42. The monoisotopic (exact) mass is 256 g/mol. The van der Waals surface area contributed by atoms with Crippen molar-refractivity contribution in [3.63, 3.8) is 0 Å². The van der Waals surface area contributed by atoms with Gasteiger partial charge in [0, 0.05) is 12.6 Å². The molecule has 0 radical (unpaired) electrons. The van der Waals surface area contributed by atoms with E-state index in [1.54, 1.807) is 0 Å². The third-order valence-corrected chi connectivity index (χ3v) is 3.38. The van der Waals surface area contributed by atoms with Gasteiger partial charge in [-0.2, -0.15) is 5.10 Å². The molecule has 0 saturated carbocycles. The van der Waals surface area contributed by atoms with Crippen molar-refractivity contribution in [3.05, 3.63) is 5.69 Å². The van der Waals surface area contributed by atoms with Crippen LogP contribution in [0.15, 0.2) is 5.03 Å². The van der Waals surface area contributed by atoms with Crippen molar-refractivity contribution in [2.24, 2.45) is 0 Å². The molecule has 1 heterocycles. The maximum Gasteiger partial charge on any atom is 0.230 e. The Balaban J connectivity index is 2.79. The van der Waals surface area contributed by atoms with Crippen molar-refractivity contribution in [1.82, 2.24) is 15.1 Å². The van der Waals surface area contributed by atoms with Crippen molar-refractivity contribution in [2.75, 3.05) is 18.0 Å². The fourth-order valence-corrected chi connectivity index (χ4v) is 2.47. The van der Waals surface area contributed by atoms with Crippen LogP contribution in [-0.4, -0.2) is 28.0 Å². The molecule has 1 aromatic heterocycles. The predicted molar refractivity (Wildman–Crippen MR) is 71.2 cm³/mol. The summed E-state index contributed by atoms with van der Waals surface area (Å²) >= 11 is 1.43. The summed E-state index contributed by atoms with van der Waals surface area (Å²) in [6, 6.07) is 0.239. The van der Waals surface area contributed by atoms with Crippen molar-refractivity contribution in [3.8, 4) is 0 Å². The topological polar surface area (TPSA) is 72.9 Å². The van der Waals surface area contributed by atoms with Gasteiger partial charge < -0.3 is 11.1 Å². The number of nitrogens with two attached hydrogens (primary N) is 1. The normalized spacial score (nSPS) is 10.9. The lowest BCUT2D eigenvalue weighted by Gasteiger charge is -2.10. The quantitative estimate of drug-likeness (QED) is 0.785. The van der Waals surface area contributed by atoms with E-state index < -0.39 is 0 Å². The molecule has 3 N–H and O–H groups in total. The molecule has 1 rings (SSSR count). The van der Waals surface area contributed by atoms with Gasteiger partial charge in [0.05, 0.1) is 17.1 Å². The minimum Gasteiger partial charge on any atom is -0.395 e. The second-order valence-electron chi connectivity index (χ2n) is 4.08. The smallest absolute Gasteiger partial charge is 0.230 e. The Hall–Kier alpha value is -1.17. The molecule has 0 atom stereocenters. The molecule has 0 unspecified atom stereocenters. The molecule has 6 heteroatoms. The summed E-state index contributed by atoms with van der Waals surface area (Å²) in [4.78, 5) is 11.4. The van der Waals surface area contributed by atoms with Gasteiger partial charge in [-0.05, 0) is 27.7 Å². The molecule has 0 fully saturated rings. The van der Waals surface area contributed by atoms with E-state index in [0.717, 1.165) is 10.7 Å². The third-order valence-electron chi connectivity index (χ3n) is 2.29. The zero-order chi connectivity index (χ0) is 13.0. The highest BCUT2D eigenvalue weighted by Gasteiger charge is 2.16. The number of nitrogens with zero attached hydrogens (tertiary/aromatic N) is 2. The van der Waals surface area contributed by atoms with Gasteiger partial charge in [0.2, 0.25) is 5.91 Å². The average Bonchev–Trinajstić information content (AvgIpc) is 2.54. The fraction of sp³-hybridized carbons (Fsp3) is 0.636. The van der Waals surface area contributed by atoms with Crippen LogP contribution in [0, 0.1) is 6.92 Å². The SMILES string of the molecule is CCNC(=O)CSc1c(N)c(C)nn1C(C)C. The van der Waals surface area contributed by atoms with Crippen molar-refractivity contribution < 1.29 is 4.79 Å². The molecule has 0 aliphatic carbocycles. The van der Waals surface area contributed by atoms with Crippen LogP contribution in [-0.2, 0) is 4.79 Å². The van der Waals surface area contributed by atoms with Gasteiger partial charge in [0.25, 0.3) is 0 Å². The molecule has 0 aliphatic rings. The lowest BCUT2D eigenvalue weighted by molar-refractivity contribution is -0.118. The molecule has 0 spiro atoms. The van der Waals surface area contributed by atoms with E-state index in [1.165, 1.54) is 11.8 Å². The lowest BCUT2D eigenvalue weighted by atomic mass is 10.4.